The number of aliphatic hydroxyl groups is 1. The summed E-state index contributed by atoms with van der Waals surface area (Å²) in [7, 11) is 0. The van der Waals surface area contributed by atoms with E-state index in [-0.39, 0.29) is 5.56 Å². The van der Waals surface area contributed by atoms with E-state index in [0.29, 0.717) is 30.1 Å². The van der Waals surface area contributed by atoms with E-state index in [9.17, 15) is 13.9 Å². The number of hydrogen-bond donors (Lipinski definition) is 2. The van der Waals surface area contributed by atoms with Gasteiger partial charge in [0.25, 0.3) is 5.92 Å². The van der Waals surface area contributed by atoms with Crippen molar-refractivity contribution in [3.8, 4) is 0 Å². The average molecular weight is 412 g/mol. The van der Waals surface area contributed by atoms with E-state index < -0.39 is 12.0 Å². The van der Waals surface area contributed by atoms with Gasteiger partial charge in [-0.1, -0.05) is 30.8 Å². The fraction of sp³-hybridized carbons (Fsp3) is 0.348. The molecule has 0 saturated heterocycles. The quantitative estimate of drug-likeness (QED) is 0.624. The van der Waals surface area contributed by atoms with Crippen LogP contribution in [0, 0.1) is 0 Å². The summed E-state index contributed by atoms with van der Waals surface area (Å²) in [4.78, 5) is 6.66. The Labute approximate surface area is 174 Å². The molecular weight excluding hydrogens is 386 g/mol. The van der Waals surface area contributed by atoms with Crippen molar-refractivity contribution in [3.05, 3.63) is 77.8 Å². The normalized spacial score (nSPS) is 15.7. The van der Waals surface area contributed by atoms with Gasteiger partial charge in [0.2, 0.25) is 0 Å². The number of alkyl halides is 2. The van der Waals surface area contributed by atoms with Crippen LogP contribution in [-0.2, 0) is 18.9 Å². The van der Waals surface area contributed by atoms with Crippen LogP contribution in [0.5, 0.6) is 0 Å². The Morgan fingerprint density at radius 1 is 1.23 bits per heavy atom. The third-order valence-electron chi connectivity index (χ3n) is 5.50. The lowest BCUT2D eigenvalue weighted by molar-refractivity contribution is 0.0170. The number of nitrogens with zero attached hydrogens (tertiary/aromatic N) is 3. The van der Waals surface area contributed by atoms with Crippen molar-refractivity contribution in [2.24, 2.45) is 0 Å². The SMILES string of the molecule is C=C(NC[C@H](O)CN1CCc2ccccc2C1)c1cn2cc(C(C)(F)F)ccc2n1. The zero-order valence-corrected chi connectivity index (χ0v) is 17.0. The molecule has 0 radical (unpaired) electrons. The molecule has 0 unspecified atom stereocenters. The maximum Gasteiger partial charge on any atom is 0.271 e. The molecule has 0 aliphatic carbocycles. The number of nitrogens with one attached hydrogen (secondary N) is 1. The summed E-state index contributed by atoms with van der Waals surface area (Å²) in [6.45, 7) is 7.51. The van der Waals surface area contributed by atoms with Crippen molar-refractivity contribution < 1.29 is 13.9 Å². The van der Waals surface area contributed by atoms with E-state index in [2.05, 4.69) is 40.0 Å². The highest BCUT2D eigenvalue weighted by molar-refractivity contribution is 5.61. The number of imidazole rings is 1. The third kappa shape index (κ3) is 4.52. The van der Waals surface area contributed by atoms with E-state index in [4.69, 9.17) is 0 Å². The van der Waals surface area contributed by atoms with E-state index in [1.807, 2.05) is 6.07 Å². The molecule has 3 heterocycles. The Hall–Kier alpha value is -2.77. The molecule has 5 nitrogen and oxygen atoms in total. The fourth-order valence-electron chi connectivity index (χ4n) is 3.80. The van der Waals surface area contributed by atoms with Crippen LogP contribution in [0.3, 0.4) is 0 Å². The van der Waals surface area contributed by atoms with E-state index in [1.165, 1.54) is 23.4 Å². The van der Waals surface area contributed by atoms with Crippen LogP contribution in [0.15, 0.2) is 55.4 Å². The molecule has 0 saturated carbocycles. The van der Waals surface area contributed by atoms with Gasteiger partial charge in [-0.2, -0.15) is 0 Å². The van der Waals surface area contributed by atoms with Crippen molar-refractivity contribution >= 4 is 11.3 Å². The lowest BCUT2D eigenvalue weighted by atomic mass is 10.00. The molecule has 2 N–H and O–H groups in total. The van der Waals surface area contributed by atoms with Crippen molar-refractivity contribution in [1.82, 2.24) is 19.6 Å². The van der Waals surface area contributed by atoms with Gasteiger partial charge >= 0.3 is 0 Å². The predicted octanol–water partition coefficient (Wildman–Crippen LogP) is 3.43. The monoisotopic (exact) mass is 412 g/mol. The Morgan fingerprint density at radius 3 is 2.77 bits per heavy atom. The van der Waals surface area contributed by atoms with Gasteiger partial charge in [0.1, 0.15) is 11.3 Å². The van der Waals surface area contributed by atoms with Crippen LogP contribution < -0.4 is 5.32 Å². The molecule has 1 aromatic carbocycles. The van der Waals surface area contributed by atoms with Gasteiger partial charge < -0.3 is 14.8 Å². The number of hydrogen-bond acceptors (Lipinski definition) is 4. The first kappa shape index (κ1) is 20.5. The second kappa shape index (κ2) is 8.16. The van der Waals surface area contributed by atoms with Gasteiger partial charge in [-0.25, -0.2) is 13.8 Å². The maximum atomic E-state index is 13.5. The summed E-state index contributed by atoms with van der Waals surface area (Å²) in [5.74, 6) is -2.91. The third-order valence-corrected chi connectivity index (χ3v) is 5.50. The van der Waals surface area contributed by atoms with Crippen LogP contribution in [-0.4, -0.2) is 45.1 Å². The maximum absolute atomic E-state index is 13.5. The Balaban J connectivity index is 1.33. The number of β-amino-alcohol motifs (C(OH)–C–C–N with tert-alkyl or cyclic N) is 1. The van der Waals surface area contributed by atoms with Crippen LogP contribution in [0.2, 0.25) is 0 Å². The summed E-state index contributed by atoms with van der Waals surface area (Å²) >= 11 is 0. The molecule has 1 aliphatic heterocycles. The van der Waals surface area contributed by atoms with E-state index >= 15 is 0 Å². The summed E-state index contributed by atoms with van der Waals surface area (Å²) in [5.41, 5.74) is 4.29. The average Bonchev–Trinajstić information content (AvgIpc) is 3.15. The van der Waals surface area contributed by atoms with Crippen molar-refractivity contribution in [3.63, 3.8) is 0 Å². The zero-order valence-electron chi connectivity index (χ0n) is 17.0. The van der Waals surface area contributed by atoms with E-state index in [0.717, 1.165) is 26.4 Å². The predicted molar refractivity (Wildman–Crippen MR) is 113 cm³/mol. The van der Waals surface area contributed by atoms with Crippen LogP contribution in [0.1, 0.15) is 29.3 Å². The smallest absolute Gasteiger partial charge is 0.271 e. The molecule has 0 fully saturated rings. The van der Waals surface area contributed by atoms with Gasteiger partial charge in [0, 0.05) is 51.1 Å². The summed E-state index contributed by atoms with van der Waals surface area (Å²) in [6, 6.07) is 11.3. The molecule has 0 bridgehead atoms. The molecule has 4 rings (SSSR count). The van der Waals surface area contributed by atoms with Crippen molar-refractivity contribution in [1.29, 1.82) is 0 Å². The molecule has 3 aromatic rings. The molecule has 2 aromatic heterocycles. The van der Waals surface area contributed by atoms with Crippen LogP contribution in [0.25, 0.3) is 11.3 Å². The molecule has 158 valence electrons. The molecule has 0 spiro atoms. The highest BCUT2D eigenvalue weighted by Gasteiger charge is 2.25. The number of benzene rings is 1. The minimum absolute atomic E-state index is 0.0731. The van der Waals surface area contributed by atoms with Gasteiger partial charge in [-0.15, -0.1) is 0 Å². The molecule has 7 heteroatoms. The fourth-order valence-corrected chi connectivity index (χ4v) is 3.80. The minimum Gasteiger partial charge on any atom is -0.390 e. The lowest BCUT2D eigenvalue weighted by Gasteiger charge is -2.30. The summed E-state index contributed by atoms with van der Waals surface area (Å²) < 4.78 is 28.6. The first-order valence-corrected chi connectivity index (χ1v) is 10.1. The van der Waals surface area contributed by atoms with Gasteiger partial charge in [-0.3, -0.25) is 4.90 Å². The molecule has 0 amide bonds. The second-order valence-corrected chi connectivity index (χ2v) is 7.96. The van der Waals surface area contributed by atoms with Gasteiger partial charge in [0.15, 0.2) is 0 Å². The number of fused-ring (bicyclic) bond motifs is 2. The van der Waals surface area contributed by atoms with Crippen LogP contribution in [0.4, 0.5) is 8.78 Å². The zero-order chi connectivity index (χ0) is 21.3. The van der Waals surface area contributed by atoms with Crippen molar-refractivity contribution in [2.45, 2.75) is 31.9 Å². The number of aliphatic hydroxyl groups excluding tert-OH is 1. The summed E-state index contributed by atoms with van der Waals surface area (Å²) in [5, 5.41) is 13.6. The largest absolute Gasteiger partial charge is 0.390 e. The van der Waals surface area contributed by atoms with Crippen molar-refractivity contribution in [2.75, 3.05) is 19.6 Å². The van der Waals surface area contributed by atoms with Gasteiger partial charge in [-0.05, 0) is 29.7 Å². The minimum atomic E-state index is -2.91. The first-order valence-electron chi connectivity index (χ1n) is 10.1. The number of pyridine rings is 1. The van der Waals surface area contributed by atoms with Gasteiger partial charge in [0.05, 0.1) is 11.8 Å². The highest BCUT2D eigenvalue weighted by atomic mass is 19.3. The second-order valence-electron chi connectivity index (χ2n) is 7.96. The first-order chi connectivity index (χ1) is 14.3. The Kier molecular flexibility index (Phi) is 5.58. The lowest BCUT2D eigenvalue weighted by Crippen LogP contribution is -2.40. The number of rotatable bonds is 7. The summed E-state index contributed by atoms with van der Waals surface area (Å²) in [6.07, 6.45) is 3.47. The van der Waals surface area contributed by atoms with Crippen LogP contribution >= 0.6 is 0 Å². The molecule has 1 atom stereocenters. The Morgan fingerprint density at radius 2 is 2.00 bits per heavy atom. The molecule has 30 heavy (non-hydrogen) atoms. The molecule has 1 aliphatic rings. The number of halogens is 2. The Bertz CT molecular complexity index is 1060. The van der Waals surface area contributed by atoms with E-state index in [1.54, 1.807) is 16.7 Å². The topological polar surface area (TPSA) is 52.8 Å². The molecular formula is C23H26F2N4O. The highest BCUT2D eigenvalue weighted by Crippen LogP contribution is 2.27. The standard InChI is InChI=1S/C23H26F2N4O/c1-16(21-15-29-13-19(23(2,24)25)7-8-22(29)27-21)26-11-20(30)14-28-10-9-17-5-3-4-6-18(17)12-28/h3-8,13,15,20,26,30H,1,9-12,14H2,2H3/t20-/m0/s1. The number of aromatic nitrogens is 2.